The molecular weight excluding hydrogens is 472 g/mol. The van der Waals surface area contributed by atoms with Crippen molar-refractivity contribution in [3.63, 3.8) is 0 Å². The fourth-order valence-electron chi connectivity index (χ4n) is 3.69. The van der Waals surface area contributed by atoms with E-state index in [-0.39, 0.29) is 29.1 Å². The van der Waals surface area contributed by atoms with Crippen molar-refractivity contribution in [2.24, 2.45) is 0 Å². The summed E-state index contributed by atoms with van der Waals surface area (Å²) in [5.74, 6) is 1.81. The molecule has 32 heavy (non-hydrogen) atoms. The molecule has 1 fully saturated rings. The van der Waals surface area contributed by atoms with Crippen LogP contribution in [0.1, 0.15) is 12.5 Å². The van der Waals surface area contributed by atoms with Crippen molar-refractivity contribution in [2.45, 2.75) is 22.8 Å². The van der Waals surface area contributed by atoms with Gasteiger partial charge >= 0.3 is 0 Å². The molecule has 0 saturated carbocycles. The molecule has 2 aliphatic rings. The Balaban J connectivity index is 1.31. The summed E-state index contributed by atoms with van der Waals surface area (Å²) in [5, 5.41) is 0.242. The molecule has 0 spiro atoms. The van der Waals surface area contributed by atoms with E-state index in [0.717, 1.165) is 5.56 Å². The standard InChI is InChI=1S/C22H25ClN2O5S2/c1-16(31-15-17-13-19(23)21-20(14-17)29-11-12-30-21)22(26)24-7-9-25(10-8-24)32(27,28)18-5-3-2-4-6-18/h2-6,13-14,16H,7-12,15H2,1H3/t16-/m0/s1. The van der Waals surface area contributed by atoms with Crippen LogP contribution in [0.15, 0.2) is 47.4 Å². The van der Waals surface area contributed by atoms with E-state index in [1.807, 2.05) is 19.1 Å². The lowest BCUT2D eigenvalue weighted by Gasteiger charge is -2.35. The highest BCUT2D eigenvalue weighted by atomic mass is 35.5. The van der Waals surface area contributed by atoms with Gasteiger partial charge in [-0.25, -0.2) is 8.42 Å². The Hall–Kier alpha value is -1.94. The Labute approximate surface area is 197 Å². The number of carbonyl (C=O) groups is 1. The average molecular weight is 497 g/mol. The molecule has 2 heterocycles. The first kappa shape index (κ1) is 23.2. The molecule has 1 atom stereocenters. The summed E-state index contributed by atoms with van der Waals surface area (Å²) in [5.41, 5.74) is 0.961. The number of piperazine rings is 1. The predicted octanol–water partition coefficient (Wildman–Crippen LogP) is 3.27. The van der Waals surface area contributed by atoms with Crippen LogP contribution < -0.4 is 9.47 Å². The van der Waals surface area contributed by atoms with Gasteiger partial charge in [0.15, 0.2) is 11.5 Å². The Morgan fingerprint density at radius 3 is 2.50 bits per heavy atom. The van der Waals surface area contributed by atoms with E-state index in [4.69, 9.17) is 21.1 Å². The molecule has 0 aliphatic carbocycles. The fraction of sp³-hybridized carbons (Fsp3) is 0.409. The van der Waals surface area contributed by atoms with Crippen molar-refractivity contribution >= 4 is 39.3 Å². The largest absolute Gasteiger partial charge is 0.486 e. The van der Waals surface area contributed by atoms with E-state index in [0.29, 0.717) is 48.6 Å². The molecule has 0 radical (unpaired) electrons. The van der Waals surface area contributed by atoms with Gasteiger partial charge in [-0.2, -0.15) is 4.31 Å². The molecule has 1 amide bonds. The van der Waals surface area contributed by atoms with Crippen molar-refractivity contribution < 1.29 is 22.7 Å². The number of hydrogen-bond acceptors (Lipinski definition) is 6. The van der Waals surface area contributed by atoms with Gasteiger partial charge in [0, 0.05) is 31.9 Å². The van der Waals surface area contributed by atoms with Gasteiger partial charge in [-0.15, -0.1) is 11.8 Å². The maximum absolute atomic E-state index is 12.9. The Bertz CT molecular complexity index is 1070. The van der Waals surface area contributed by atoms with E-state index in [1.54, 1.807) is 35.2 Å². The van der Waals surface area contributed by atoms with E-state index in [9.17, 15) is 13.2 Å². The minimum absolute atomic E-state index is 0.00963. The molecule has 1 saturated heterocycles. The smallest absolute Gasteiger partial charge is 0.243 e. The molecule has 2 aromatic rings. The first-order valence-electron chi connectivity index (χ1n) is 10.4. The molecule has 10 heteroatoms. The van der Waals surface area contributed by atoms with Crippen LogP contribution in [0.25, 0.3) is 0 Å². The van der Waals surface area contributed by atoms with Gasteiger partial charge in [0.2, 0.25) is 15.9 Å². The lowest BCUT2D eigenvalue weighted by Crippen LogP contribution is -2.52. The van der Waals surface area contributed by atoms with Crippen LogP contribution in [0, 0.1) is 0 Å². The summed E-state index contributed by atoms with van der Waals surface area (Å²) in [7, 11) is -3.53. The maximum Gasteiger partial charge on any atom is 0.243 e. The third kappa shape index (κ3) is 5.01. The van der Waals surface area contributed by atoms with Gasteiger partial charge in [-0.05, 0) is 36.8 Å². The van der Waals surface area contributed by atoms with Crippen molar-refractivity contribution in [3.8, 4) is 11.5 Å². The van der Waals surface area contributed by atoms with Crippen LogP contribution in [0.2, 0.25) is 5.02 Å². The predicted molar refractivity (Wildman–Crippen MR) is 125 cm³/mol. The monoisotopic (exact) mass is 496 g/mol. The molecule has 2 aromatic carbocycles. The first-order chi connectivity index (χ1) is 15.4. The minimum Gasteiger partial charge on any atom is -0.486 e. The minimum atomic E-state index is -3.53. The van der Waals surface area contributed by atoms with Crippen molar-refractivity contribution in [3.05, 3.63) is 53.1 Å². The summed E-state index contributed by atoms with van der Waals surface area (Å²) in [6.45, 7) is 4.18. The zero-order valence-electron chi connectivity index (χ0n) is 17.7. The van der Waals surface area contributed by atoms with Crippen molar-refractivity contribution in [2.75, 3.05) is 39.4 Å². The van der Waals surface area contributed by atoms with Crippen molar-refractivity contribution in [1.82, 2.24) is 9.21 Å². The highest BCUT2D eigenvalue weighted by molar-refractivity contribution is 7.99. The topological polar surface area (TPSA) is 76.2 Å². The summed E-state index contributed by atoms with van der Waals surface area (Å²) >= 11 is 7.81. The second-order valence-corrected chi connectivity index (χ2v) is 11.3. The van der Waals surface area contributed by atoms with Gasteiger partial charge < -0.3 is 14.4 Å². The SMILES string of the molecule is C[C@H](SCc1cc(Cl)c2c(c1)OCCO2)C(=O)N1CCN(S(=O)(=O)c2ccccc2)CC1. The molecule has 4 rings (SSSR count). The molecule has 0 aromatic heterocycles. The molecule has 7 nitrogen and oxygen atoms in total. The summed E-state index contributed by atoms with van der Waals surface area (Å²) in [4.78, 5) is 14.9. The third-order valence-electron chi connectivity index (χ3n) is 5.44. The zero-order chi connectivity index (χ0) is 22.7. The van der Waals surface area contributed by atoms with E-state index < -0.39 is 10.0 Å². The Morgan fingerprint density at radius 1 is 1.09 bits per heavy atom. The van der Waals surface area contributed by atoms with Gasteiger partial charge in [-0.3, -0.25) is 4.79 Å². The van der Waals surface area contributed by atoms with Gasteiger partial charge in [0.05, 0.1) is 15.2 Å². The van der Waals surface area contributed by atoms with Gasteiger partial charge in [0.1, 0.15) is 13.2 Å². The van der Waals surface area contributed by atoms with Crippen LogP contribution in [0.5, 0.6) is 11.5 Å². The van der Waals surface area contributed by atoms with Crippen LogP contribution >= 0.6 is 23.4 Å². The van der Waals surface area contributed by atoms with Crippen LogP contribution in [0.3, 0.4) is 0 Å². The summed E-state index contributed by atoms with van der Waals surface area (Å²) in [6, 6.07) is 12.1. The fourth-order valence-corrected chi connectivity index (χ4v) is 6.32. The number of nitrogens with zero attached hydrogens (tertiary/aromatic N) is 2. The second kappa shape index (κ2) is 9.91. The Kier molecular flexibility index (Phi) is 7.19. The maximum atomic E-state index is 12.9. The molecular formula is C22H25ClN2O5S2. The normalized spacial score (nSPS) is 17.8. The number of benzene rings is 2. The number of carbonyl (C=O) groups excluding carboxylic acids is 1. The van der Waals surface area contributed by atoms with Crippen LogP contribution in [-0.4, -0.2) is 68.2 Å². The molecule has 2 aliphatic heterocycles. The Morgan fingerprint density at radius 2 is 1.78 bits per heavy atom. The average Bonchev–Trinajstić information content (AvgIpc) is 2.82. The lowest BCUT2D eigenvalue weighted by molar-refractivity contribution is -0.131. The molecule has 0 N–H and O–H groups in total. The number of sulfonamides is 1. The van der Waals surface area contributed by atoms with Crippen LogP contribution in [-0.2, 0) is 20.6 Å². The second-order valence-electron chi connectivity index (χ2n) is 7.60. The van der Waals surface area contributed by atoms with Gasteiger partial charge in [0.25, 0.3) is 0 Å². The lowest BCUT2D eigenvalue weighted by atomic mass is 10.2. The van der Waals surface area contributed by atoms with Gasteiger partial charge in [-0.1, -0.05) is 29.8 Å². The number of fused-ring (bicyclic) bond motifs is 1. The van der Waals surface area contributed by atoms with Crippen molar-refractivity contribution in [1.29, 1.82) is 0 Å². The number of ether oxygens (including phenoxy) is 2. The summed E-state index contributed by atoms with van der Waals surface area (Å²) < 4.78 is 38.2. The van der Waals surface area contributed by atoms with E-state index >= 15 is 0 Å². The quantitative estimate of drug-likeness (QED) is 0.611. The third-order valence-corrected chi connectivity index (χ3v) is 8.83. The number of amides is 1. The summed E-state index contributed by atoms with van der Waals surface area (Å²) in [6.07, 6.45) is 0. The van der Waals surface area contributed by atoms with E-state index in [2.05, 4.69) is 0 Å². The molecule has 0 unspecified atom stereocenters. The highest BCUT2D eigenvalue weighted by Gasteiger charge is 2.31. The highest BCUT2D eigenvalue weighted by Crippen LogP contribution is 2.39. The number of hydrogen-bond donors (Lipinski definition) is 0. The molecule has 0 bridgehead atoms. The van der Waals surface area contributed by atoms with E-state index in [1.165, 1.54) is 16.1 Å². The zero-order valence-corrected chi connectivity index (χ0v) is 20.1. The first-order valence-corrected chi connectivity index (χ1v) is 13.3. The number of rotatable bonds is 6. The molecule has 172 valence electrons. The number of thioether (sulfide) groups is 1. The number of halogens is 1. The van der Waals surface area contributed by atoms with Crippen LogP contribution in [0.4, 0.5) is 0 Å².